The zero-order valence-electron chi connectivity index (χ0n) is 9.31. The van der Waals surface area contributed by atoms with Crippen molar-refractivity contribution in [3.05, 3.63) is 56.5 Å². The van der Waals surface area contributed by atoms with Crippen molar-refractivity contribution < 1.29 is 13.2 Å². The number of rotatable bonds is 3. The van der Waals surface area contributed by atoms with E-state index in [1.54, 1.807) is 19.2 Å². The number of nitrogens with one attached hydrogen (secondary N) is 1. The lowest BCUT2D eigenvalue weighted by Crippen LogP contribution is -2.18. The first-order chi connectivity index (χ1) is 8.52. The average molecular weight is 292 g/mol. The molecule has 96 valence electrons. The molecule has 0 aliphatic carbocycles. The zero-order chi connectivity index (χ0) is 13.3. The van der Waals surface area contributed by atoms with E-state index in [1.807, 2.05) is 0 Å². The molecule has 2 rings (SSSR count). The van der Waals surface area contributed by atoms with Crippen LogP contribution in [0.3, 0.4) is 0 Å². The predicted octanol–water partition coefficient (Wildman–Crippen LogP) is 4.13. The molecule has 2 aromatic rings. The molecule has 1 N–H and O–H groups in total. The molecule has 0 radical (unpaired) electrons. The summed E-state index contributed by atoms with van der Waals surface area (Å²) >= 11 is 7.06. The molecule has 0 saturated carbocycles. The topological polar surface area (TPSA) is 12.0 Å². The molecule has 1 atom stereocenters. The Labute approximate surface area is 111 Å². The van der Waals surface area contributed by atoms with Crippen LogP contribution in [0.2, 0.25) is 4.34 Å². The van der Waals surface area contributed by atoms with E-state index in [0.717, 1.165) is 10.9 Å². The largest absolute Gasteiger partial charge is 0.309 e. The molecule has 1 heterocycles. The van der Waals surface area contributed by atoms with E-state index in [9.17, 15) is 13.2 Å². The van der Waals surface area contributed by atoms with Crippen LogP contribution in [0.4, 0.5) is 13.2 Å². The Morgan fingerprint density at radius 3 is 2.33 bits per heavy atom. The molecule has 18 heavy (non-hydrogen) atoms. The maximum Gasteiger partial charge on any atom is 0.161 e. The van der Waals surface area contributed by atoms with Crippen LogP contribution < -0.4 is 5.32 Å². The molecule has 0 fully saturated rings. The molecule has 0 aliphatic rings. The van der Waals surface area contributed by atoms with Crippen molar-refractivity contribution in [1.29, 1.82) is 0 Å². The SMILES string of the molecule is CNC(c1ccc(Cl)s1)c1cc(F)c(F)cc1F. The average Bonchev–Trinajstić information content (AvgIpc) is 2.73. The summed E-state index contributed by atoms with van der Waals surface area (Å²) in [4.78, 5) is 0.729. The van der Waals surface area contributed by atoms with Gasteiger partial charge in [0.05, 0.1) is 10.4 Å². The van der Waals surface area contributed by atoms with Gasteiger partial charge in [0.25, 0.3) is 0 Å². The Hall–Kier alpha value is -1.04. The second-order valence-electron chi connectivity index (χ2n) is 3.65. The van der Waals surface area contributed by atoms with E-state index in [-0.39, 0.29) is 5.56 Å². The van der Waals surface area contributed by atoms with Gasteiger partial charge in [-0.15, -0.1) is 11.3 Å². The Morgan fingerprint density at radius 1 is 1.11 bits per heavy atom. The minimum absolute atomic E-state index is 0.0508. The van der Waals surface area contributed by atoms with Crippen molar-refractivity contribution in [2.75, 3.05) is 7.05 Å². The fourth-order valence-corrected chi connectivity index (χ4v) is 2.88. The van der Waals surface area contributed by atoms with Crippen molar-refractivity contribution in [3.63, 3.8) is 0 Å². The van der Waals surface area contributed by atoms with Crippen LogP contribution in [0, 0.1) is 17.5 Å². The van der Waals surface area contributed by atoms with E-state index in [1.165, 1.54) is 11.3 Å². The highest BCUT2D eigenvalue weighted by atomic mass is 35.5. The van der Waals surface area contributed by atoms with Gasteiger partial charge in [0, 0.05) is 16.5 Å². The number of benzene rings is 1. The third-order valence-corrected chi connectivity index (χ3v) is 3.81. The lowest BCUT2D eigenvalue weighted by Gasteiger charge is -2.16. The van der Waals surface area contributed by atoms with Gasteiger partial charge >= 0.3 is 0 Å². The highest BCUT2D eigenvalue weighted by Crippen LogP contribution is 2.32. The summed E-state index contributed by atoms with van der Waals surface area (Å²) in [5, 5.41) is 2.86. The van der Waals surface area contributed by atoms with Crippen LogP contribution in [-0.2, 0) is 0 Å². The maximum atomic E-state index is 13.7. The molecule has 6 heteroatoms. The quantitative estimate of drug-likeness (QED) is 0.839. The van der Waals surface area contributed by atoms with Crippen LogP contribution in [0.25, 0.3) is 0 Å². The van der Waals surface area contributed by atoms with E-state index >= 15 is 0 Å². The van der Waals surface area contributed by atoms with Crippen molar-refractivity contribution in [3.8, 4) is 0 Å². The van der Waals surface area contributed by atoms with Gasteiger partial charge in [-0.2, -0.15) is 0 Å². The molecule has 0 bridgehead atoms. The third-order valence-electron chi connectivity index (χ3n) is 2.52. The molecule has 1 unspecified atom stereocenters. The first-order valence-corrected chi connectivity index (χ1v) is 6.29. The van der Waals surface area contributed by atoms with Crippen LogP contribution >= 0.6 is 22.9 Å². The van der Waals surface area contributed by atoms with Gasteiger partial charge in [0.2, 0.25) is 0 Å². The van der Waals surface area contributed by atoms with Crippen molar-refractivity contribution in [2.24, 2.45) is 0 Å². The first kappa shape index (κ1) is 13.4. The van der Waals surface area contributed by atoms with Gasteiger partial charge in [-0.3, -0.25) is 0 Å². The number of hydrogen-bond donors (Lipinski definition) is 1. The standard InChI is InChI=1S/C12H9ClF3NS/c1-17-12(10-2-3-11(13)18-10)6-4-8(15)9(16)5-7(6)14/h2-5,12,17H,1H3. The Balaban J connectivity index is 2.48. The van der Waals surface area contributed by atoms with E-state index in [0.29, 0.717) is 10.4 Å². The Morgan fingerprint density at radius 2 is 1.78 bits per heavy atom. The van der Waals surface area contributed by atoms with Gasteiger partial charge in [0.15, 0.2) is 11.6 Å². The summed E-state index contributed by atoms with van der Waals surface area (Å²) in [7, 11) is 1.61. The summed E-state index contributed by atoms with van der Waals surface area (Å²) in [5.41, 5.74) is 0.0508. The molecule has 0 amide bonds. The minimum Gasteiger partial charge on any atom is -0.309 e. The first-order valence-electron chi connectivity index (χ1n) is 5.10. The second kappa shape index (κ2) is 5.30. The predicted molar refractivity (Wildman–Crippen MR) is 66.5 cm³/mol. The van der Waals surface area contributed by atoms with Crippen molar-refractivity contribution in [1.82, 2.24) is 5.32 Å². The minimum atomic E-state index is -1.20. The molecular weight excluding hydrogens is 283 g/mol. The Bertz CT molecular complexity index is 570. The zero-order valence-corrected chi connectivity index (χ0v) is 10.9. The van der Waals surface area contributed by atoms with Crippen LogP contribution in [0.15, 0.2) is 24.3 Å². The Kier molecular flexibility index (Phi) is 3.94. The maximum absolute atomic E-state index is 13.7. The van der Waals surface area contributed by atoms with E-state index in [4.69, 9.17) is 11.6 Å². The highest BCUT2D eigenvalue weighted by Gasteiger charge is 2.20. The number of hydrogen-bond acceptors (Lipinski definition) is 2. The number of thiophene rings is 1. The summed E-state index contributed by atoms with van der Waals surface area (Å²) < 4.78 is 40.3. The molecule has 0 spiro atoms. The molecule has 0 aliphatic heterocycles. The van der Waals surface area contributed by atoms with Crippen molar-refractivity contribution >= 4 is 22.9 Å². The van der Waals surface area contributed by atoms with Crippen molar-refractivity contribution in [2.45, 2.75) is 6.04 Å². The summed E-state index contributed by atoms with van der Waals surface area (Å²) in [6.45, 7) is 0. The smallest absolute Gasteiger partial charge is 0.161 e. The highest BCUT2D eigenvalue weighted by molar-refractivity contribution is 7.16. The fourth-order valence-electron chi connectivity index (χ4n) is 1.69. The third kappa shape index (κ3) is 2.53. The van der Waals surface area contributed by atoms with Crippen LogP contribution in [0.1, 0.15) is 16.5 Å². The summed E-state index contributed by atoms with van der Waals surface area (Å²) in [6.07, 6.45) is 0. The molecule has 0 saturated heterocycles. The monoisotopic (exact) mass is 291 g/mol. The van der Waals surface area contributed by atoms with E-state index < -0.39 is 23.5 Å². The van der Waals surface area contributed by atoms with Gasteiger partial charge in [0.1, 0.15) is 5.82 Å². The van der Waals surface area contributed by atoms with Gasteiger partial charge < -0.3 is 5.32 Å². The van der Waals surface area contributed by atoms with Gasteiger partial charge in [-0.05, 0) is 25.2 Å². The van der Waals surface area contributed by atoms with Crippen LogP contribution in [0.5, 0.6) is 0 Å². The molecule has 1 nitrogen and oxygen atoms in total. The molecule has 1 aromatic carbocycles. The molecule has 1 aromatic heterocycles. The summed E-state index contributed by atoms with van der Waals surface area (Å²) in [5.74, 6) is -3.07. The lowest BCUT2D eigenvalue weighted by atomic mass is 10.0. The van der Waals surface area contributed by atoms with Gasteiger partial charge in [-0.1, -0.05) is 11.6 Å². The fraction of sp³-hybridized carbons (Fsp3) is 0.167. The molecular formula is C12H9ClF3NS. The summed E-state index contributed by atoms with van der Waals surface area (Å²) in [6, 6.07) is 4.24. The lowest BCUT2D eigenvalue weighted by molar-refractivity contribution is 0.484. The normalized spacial score (nSPS) is 12.7. The van der Waals surface area contributed by atoms with E-state index in [2.05, 4.69) is 5.32 Å². The van der Waals surface area contributed by atoms with Crippen LogP contribution in [-0.4, -0.2) is 7.05 Å². The second-order valence-corrected chi connectivity index (χ2v) is 5.40. The van der Waals surface area contributed by atoms with Gasteiger partial charge in [-0.25, -0.2) is 13.2 Å². The number of halogens is 4.